The highest BCUT2D eigenvalue weighted by Crippen LogP contribution is 2.39. The van der Waals surface area contributed by atoms with Crippen LogP contribution in [0.3, 0.4) is 0 Å². The molecule has 1 aliphatic heterocycles. The van der Waals surface area contributed by atoms with Gasteiger partial charge in [-0.2, -0.15) is 0 Å². The summed E-state index contributed by atoms with van der Waals surface area (Å²) in [6, 6.07) is 22.5. The van der Waals surface area contributed by atoms with Gasteiger partial charge in [0.25, 0.3) is 0 Å². The molecule has 0 radical (unpaired) electrons. The number of nitrogens with one attached hydrogen (secondary N) is 1. The number of H-pyrrole nitrogens is 1. The average molecular weight is 439 g/mol. The molecule has 168 valence electrons. The Hall–Kier alpha value is -3.53. The van der Waals surface area contributed by atoms with E-state index in [0.717, 1.165) is 28.8 Å². The number of ether oxygens (including phenoxy) is 1. The van der Waals surface area contributed by atoms with E-state index in [2.05, 4.69) is 68.2 Å². The highest BCUT2D eigenvalue weighted by molar-refractivity contribution is 5.87. The van der Waals surface area contributed by atoms with Crippen molar-refractivity contribution in [3.63, 3.8) is 0 Å². The van der Waals surface area contributed by atoms with Crippen molar-refractivity contribution in [2.24, 2.45) is 0 Å². The number of aromatic nitrogens is 1. The molecule has 1 aliphatic rings. The van der Waals surface area contributed by atoms with E-state index in [1.54, 1.807) is 0 Å². The predicted octanol–water partition coefficient (Wildman–Crippen LogP) is 7.05. The van der Waals surface area contributed by atoms with Crippen molar-refractivity contribution < 1.29 is 9.53 Å². The number of hydrogen-bond acceptors (Lipinski definition) is 2. The van der Waals surface area contributed by atoms with Gasteiger partial charge < -0.3 is 9.72 Å². The summed E-state index contributed by atoms with van der Waals surface area (Å²) < 4.78 is 5.80. The number of aryl methyl sites for hydroxylation is 2. The molecule has 2 heterocycles. The topological polar surface area (TPSA) is 45.3 Å². The number of amides is 1. The molecule has 1 N–H and O–H groups in total. The smallest absolute Gasteiger partial charge is 0.410 e. The largest absolute Gasteiger partial charge is 0.416 e. The van der Waals surface area contributed by atoms with Crippen molar-refractivity contribution in [2.45, 2.75) is 46.1 Å². The Balaban J connectivity index is 1.57. The molecule has 1 aromatic heterocycles. The number of carbonyl (C=O) groups is 1. The Morgan fingerprint density at radius 2 is 1.67 bits per heavy atom. The molecule has 0 saturated carbocycles. The summed E-state index contributed by atoms with van der Waals surface area (Å²) in [4.78, 5) is 18.9. The van der Waals surface area contributed by atoms with Crippen molar-refractivity contribution in [3.05, 3.63) is 100 Å². The number of carbonyl (C=O) groups excluding carboxylic acids is 1. The average Bonchev–Trinajstić information content (AvgIpc) is 3.17. The lowest BCUT2D eigenvalue weighted by Crippen LogP contribution is -2.42. The van der Waals surface area contributed by atoms with E-state index >= 15 is 0 Å². The molecule has 1 unspecified atom stereocenters. The molecule has 0 aliphatic carbocycles. The fraction of sp³-hybridized carbons (Fsp3) is 0.276. The van der Waals surface area contributed by atoms with Crippen molar-refractivity contribution in [2.75, 3.05) is 6.54 Å². The van der Waals surface area contributed by atoms with Gasteiger partial charge in [-0.25, -0.2) is 4.79 Å². The molecule has 0 bridgehead atoms. The molecule has 0 spiro atoms. The molecular weight excluding hydrogens is 408 g/mol. The first-order chi connectivity index (χ1) is 15.9. The zero-order chi connectivity index (χ0) is 23.1. The Morgan fingerprint density at radius 1 is 0.970 bits per heavy atom. The van der Waals surface area contributed by atoms with Crippen LogP contribution in [0.4, 0.5) is 4.79 Å². The minimum atomic E-state index is -0.322. The molecule has 1 amide bonds. The van der Waals surface area contributed by atoms with Crippen LogP contribution in [0.5, 0.6) is 5.75 Å². The number of nitrogens with zero attached hydrogens (tertiary/aromatic N) is 1. The van der Waals surface area contributed by atoms with E-state index in [9.17, 15) is 4.79 Å². The van der Waals surface area contributed by atoms with Gasteiger partial charge in [0.05, 0.1) is 0 Å². The van der Waals surface area contributed by atoms with E-state index in [4.69, 9.17) is 4.74 Å². The Kier molecular flexibility index (Phi) is 5.45. The van der Waals surface area contributed by atoms with Crippen LogP contribution in [0.1, 0.15) is 59.3 Å². The number of rotatable bonds is 3. The predicted molar refractivity (Wildman–Crippen MR) is 133 cm³/mol. The van der Waals surface area contributed by atoms with E-state index in [-0.39, 0.29) is 12.1 Å². The second-order valence-corrected chi connectivity index (χ2v) is 9.41. The minimum Gasteiger partial charge on any atom is -0.410 e. The van der Waals surface area contributed by atoms with Gasteiger partial charge in [-0.15, -0.1) is 0 Å². The first-order valence-corrected chi connectivity index (χ1v) is 11.7. The monoisotopic (exact) mass is 438 g/mol. The van der Waals surface area contributed by atoms with Gasteiger partial charge in [-0.1, -0.05) is 67.4 Å². The SMILES string of the molecule is Cc1ccc(OC(=O)N2CCc3c([nH]c4ccc(C)cc34)C2c2ccc(C(C)C)cc2)cc1. The number of aromatic amines is 1. The molecule has 3 aromatic carbocycles. The van der Waals surface area contributed by atoms with Crippen molar-refractivity contribution in [3.8, 4) is 5.75 Å². The summed E-state index contributed by atoms with van der Waals surface area (Å²) in [6.45, 7) is 9.13. The lowest BCUT2D eigenvalue weighted by Gasteiger charge is -2.35. The van der Waals surface area contributed by atoms with Crippen LogP contribution >= 0.6 is 0 Å². The molecule has 33 heavy (non-hydrogen) atoms. The number of benzene rings is 3. The normalized spacial score (nSPS) is 15.7. The van der Waals surface area contributed by atoms with E-state index < -0.39 is 0 Å². The third-order valence-corrected chi connectivity index (χ3v) is 6.66. The fourth-order valence-electron chi connectivity index (χ4n) is 4.77. The lowest BCUT2D eigenvalue weighted by atomic mass is 9.91. The Labute approximate surface area is 195 Å². The van der Waals surface area contributed by atoms with Gasteiger partial charge in [-0.05, 0) is 67.1 Å². The molecule has 5 rings (SSSR count). The quantitative estimate of drug-likeness (QED) is 0.372. The summed E-state index contributed by atoms with van der Waals surface area (Å²) in [7, 11) is 0. The van der Waals surface area contributed by atoms with Gasteiger partial charge in [0.15, 0.2) is 0 Å². The summed E-state index contributed by atoms with van der Waals surface area (Å²) in [5, 5.41) is 1.25. The lowest BCUT2D eigenvalue weighted by molar-refractivity contribution is 0.135. The van der Waals surface area contributed by atoms with Gasteiger partial charge in [0.1, 0.15) is 11.8 Å². The summed E-state index contributed by atoms with van der Waals surface area (Å²) in [6.07, 6.45) is 0.472. The Bertz CT molecular complexity index is 1300. The molecule has 0 saturated heterocycles. The van der Waals surface area contributed by atoms with Crippen LogP contribution in [-0.2, 0) is 6.42 Å². The van der Waals surface area contributed by atoms with Crippen LogP contribution < -0.4 is 4.74 Å². The Morgan fingerprint density at radius 3 is 2.36 bits per heavy atom. The van der Waals surface area contributed by atoms with Crippen LogP contribution in [0.2, 0.25) is 0 Å². The molecule has 1 atom stereocenters. The van der Waals surface area contributed by atoms with Gasteiger partial charge >= 0.3 is 6.09 Å². The standard InChI is InChI=1S/C29H30N2O2/c1-18(2)21-8-10-22(11-9-21)28-27-24(25-17-20(4)7-14-26(25)30-27)15-16-31(28)29(32)33-23-12-5-19(3)6-13-23/h5-14,17-18,28,30H,15-16H2,1-4H3. The van der Waals surface area contributed by atoms with E-state index in [0.29, 0.717) is 18.2 Å². The fourth-order valence-corrected chi connectivity index (χ4v) is 4.77. The highest BCUT2D eigenvalue weighted by atomic mass is 16.6. The number of fused-ring (bicyclic) bond motifs is 3. The maximum Gasteiger partial charge on any atom is 0.416 e. The molecular formula is C29H30N2O2. The molecule has 4 nitrogen and oxygen atoms in total. The van der Waals surface area contributed by atoms with Gasteiger partial charge in [-0.3, -0.25) is 4.90 Å². The maximum atomic E-state index is 13.4. The van der Waals surface area contributed by atoms with Crippen LogP contribution in [0, 0.1) is 13.8 Å². The van der Waals surface area contributed by atoms with Crippen molar-refractivity contribution in [1.29, 1.82) is 0 Å². The summed E-state index contributed by atoms with van der Waals surface area (Å²) in [5.41, 5.74) is 8.24. The zero-order valence-corrected chi connectivity index (χ0v) is 19.7. The zero-order valence-electron chi connectivity index (χ0n) is 19.7. The van der Waals surface area contributed by atoms with Gasteiger partial charge in [0.2, 0.25) is 0 Å². The third-order valence-electron chi connectivity index (χ3n) is 6.66. The van der Waals surface area contributed by atoms with Gasteiger partial charge in [0, 0.05) is 23.1 Å². The van der Waals surface area contributed by atoms with Crippen LogP contribution in [0.15, 0.2) is 66.7 Å². The molecule has 4 aromatic rings. The number of hydrogen-bond donors (Lipinski definition) is 1. The second kappa shape index (κ2) is 8.43. The third kappa shape index (κ3) is 4.02. The van der Waals surface area contributed by atoms with Crippen molar-refractivity contribution in [1.82, 2.24) is 9.88 Å². The second-order valence-electron chi connectivity index (χ2n) is 9.41. The maximum absolute atomic E-state index is 13.4. The van der Waals surface area contributed by atoms with E-state index in [1.807, 2.05) is 36.1 Å². The first kappa shape index (κ1) is 21.3. The molecule has 4 heteroatoms. The van der Waals surface area contributed by atoms with Crippen LogP contribution in [-0.4, -0.2) is 22.5 Å². The summed E-state index contributed by atoms with van der Waals surface area (Å²) in [5.74, 6) is 1.03. The molecule has 0 fully saturated rings. The van der Waals surface area contributed by atoms with E-state index in [1.165, 1.54) is 22.1 Å². The minimum absolute atomic E-state index is 0.222. The summed E-state index contributed by atoms with van der Waals surface area (Å²) >= 11 is 0. The first-order valence-electron chi connectivity index (χ1n) is 11.7. The van der Waals surface area contributed by atoms with Crippen LogP contribution in [0.25, 0.3) is 10.9 Å². The highest BCUT2D eigenvalue weighted by Gasteiger charge is 2.35. The van der Waals surface area contributed by atoms with Crippen molar-refractivity contribution >= 4 is 17.0 Å².